The van der Waals surface area contributed by atoms with Crippen molar-refractivity contribution in [3.05, 3.63) is 28.8 Å². The number of methoxy groups -OCH3 is 1. The molecule has 1 spiro atoms. The van der Waals surface area contributed by atoms with Crippen LogP contribution in [0.5, 0.6) is 5.75 Å². The highest BCUT2D eigenvalue weighted by Gasteiger charge is 2.47. The Morgan fingerprint density at radius 2 is 2.35 bits per heavy atom. The molecule has 1 aromatic carbocycles. The van der Waals surface area contributed by atoms with E-state index in [1.165, 1.54) is 0 Å². The highest BCUT2D eigenvalue weighted by molar-refractivity contribution is 6.32. The number of likely N-dealkylation sites (tertiary alicyclic amines) is 1. The van der Waals surface area contributed by atoms with Crippen molar-refractivity contribution in [1.29, 1.82) is 0 Å². The Balaban J connectivity index is 1.67. The lowest BCUT2D eigenvalue weighted by Crippen LogP contribution is -2.36. The van der Waals surface area contributed by atoms with Crippen molar-refractivity contribution in [1.82, 2.24) is 4.90 Å². The first-order chi connectivity index (χ1) is 11.1. The first kappa shape index (κ1) is 16.6. The van der Waals surface area contributed by atoms with Crippen molar-refractivity contribution in [3.8, 4) is 5.75 Å². The van der Waals surface area contributed by atoms with Crippen LogP contribution in [0.1, 0.15) is 30.1 Å². The molecule has 2 fully saturated rings. The quantitative estimate of drug-likeness (QED) is 0.846. The van der Waals surface area contributed by atoms with Crippen LogP contribution in [0.25, 0.3) is 0 Å². The van der Waals surface area contributed by atoms with E-state index in [4.69, 9.17) is 25.8 Å². The summed E-state index contributed by atoms with van der Waals surface area (Å²) in [6.45, 7) is 4.60. The Hall–Kier alpha value is -1.30. The van der Waals surface area contributed by atoms with Gasteiger partial charge in [0, 0.05) is 25.1 Å². The van der Waals surface area contributed by atoms with E-state index in [9.17, 15) is 4.79 Å². The molecular formula is C17H22ClNO4. The Labute approximate surface area is 141 Å². The standard InChI is InChI=1S/C17H22ClNO4/c1-3-22-13-9-17(23-10-13)6-7-19(11-17)16(20)12-4-5-15(21-2)14(18)8-12/h4-5,8,13H,3,6-7,9-11H2,1-2H3/t13-,17-/m0/s1. The van der Waals surface area contributed by atoms with E-state index >= 15 is 0 Å². The third-order valence-corrected chi connectivity index (χ3v) is 4.88. The van der Waals surface area contributed by atoms with Gasteiger partial charge >= 0.3 is 0 Å². The van der Waals surface area contributed by atoms with Crippen LogP contribution < -0.4 is 4.74 Å². The fourth-order valence-corrected chi connectivity index (χ4v) is 3.69. The zero-order chi connectivity index (χ0) is 16.4. The van der Waals surface area contributed by atoms with Crippen molar-refractivity contribution in [3.63, 3.8) is 0 Å². The average Bonchev–Trinajstić information content (AvgIpc) is 3.14. The molecule has 2 heterocycles. The molecule has 2 saturated heterocycles. The van der Waals surface area contributed by atoms with Crippen LogP contribution in [0, 0.1) is 0 Å². The number of ether oxygens (including phenoxy) is 3. The lowest BCUT2D eigenvalue weighted by Gasteiger charge is -2.23. The van der Waals surface area contributed by atoms with E-state index in [1.807, 2.05) is 11.8 Å². The van der Waals surface area contributed by atoms with E-state index in [0.717, 1.165) is 12.8 Å². The molecule has 5 nitrogen and oxygen atoms in total. The molecule has 0 aliphatic carbocycles. The maximum atomic E-state index is 12.7. The number of amides is 1. The van der Waals surface area contributed by atoms with Gasteiger partial charge in [0.05, 0.1) is 37.0 Å². The van der Waals surface area contributed by atoms with Crippen LogP contribution in [-0.2, 0) is 9.47 Å². The fourth-order valence-electron chi connectivity index (χ4n) is 3.43. The van der Waals surface area contributed by atoms with Crippen molar-refractivity contribution in [2.45, 2.75) is 31.5 Å². The van der Waals surface area contributed by atoms with Crippen LogP contribution in [0.15, 0.2) is 18.2 Å². The van der Waals surface area contributed by atoms with Gasteiger partial charge in [0.25, 0.3) is 5.91 Å². The summed E-state index contributed by atoms with van der Waals surface area (Å²) in [5.41, 5.74) is 0.332. The number of rotatable bonds is 4. The number of hydrogen-bond acceptors (Lipinski definition) is 4. The Bertz CT molecular complexity index is 594. The predicted octanol–water partition coefficient (Wildman–Crippen LogP) is 2.76. The average molecular weight is 340 g/mol. The maximum Gasteiger partial charge on any atom is 0.254 e. The van der Waals surface area contributed by atoms with Crippen LogP contribution in [0.2, 0.25) is 5.02 Å². The molecule has 2 atom stereocenters. The van der Waals surface area contributed by atoms with Crippen LogP contribution in [0.4, 0.5) is 0 Å². The van der Waals surface area contributed by atoms with Gasteiger partial charge in [-0.25, -0.2) is 0 Å². The maximum absolute atomic E-state index is 12.7. The first-order valence-electron chi connectivity index (χ1n) is 7.95. The summed E-state index contributed by atoms with van der Waals surface area (Å²) in [6.07, 6.45) is 1.85. The minimum atomic E-state index is -0.244. The van der Waals surface area contributed by atoms with Gasteiger partial charge in [0.1, 0.15) is 5.75 Å². The van der Waals surface area contributed by atoms with E-state index in [0.29, 0.717) is 42.6 Å². The minimum Gasteiger partial charge on any atom is -0.495 e. The van der Waals surface area contributed by atoms with Gasteiger partial charge in [-0.15, -0.1) is 0 Å². The first-order valence-corrected chi connectivity index (χ1v) is 8.33. The second-order valence-corrected chi connectivity index (χ2v) is 6.51. The lowest BCUT2D eigenvalue weighted by atomic mass is 9.98. The summed E-state index contributed by atoms with van der Waals surface area (Å²) >= 11 is 6.12. The van der Waals surface area contributed by atoms with Crippen LogP contribution in [0.3, 0.4) is 0 Å². The van der Waals surface area contributed by atoms with E-state index in [-0.39, 0.29) is 17.6 Å². The van der Waals surface area contributed by atoms with Gasteiger partial charge in [0.15, 0.2) is 0 Å². The van der Waals surface area contributed by atoms with Gasteiger partial charge in [-0.2, -0.15) is 0 Å². The molecule has 2 aliphatic heterocycles. The summed E-state index contributed by atoms with van der Waals surface area (Å²) in [5, 5.41) is 0.445. The van der Waals surface area contributed by atoms with Crippen LogP contribution in [-0.4, -0.2) is 55.9 Å². The van der Waals surface area contributed by atoms with Crippen molar-refractivity contribution in [2.24, 2.45) is 0 Å². The molecular weight excluding hydrogens is 318 g/mol. The molecule has 0 aromatic heterocycles. The van der Waals surface area contributed by atoms with Gasteiger partial charge in [-0.05, 0) is 31.5 Å². The minimum absolute atomic E-state index is 0.0186. The van der Waals surface area contributed by atoms with Gasteiger partial charge in [0.2, 0.25) is 0 Å². The molecule has 1 amide bonds. The van der Waals surface area contributed by atoms with E-state index in [2.05, 4.69) is 0 Å². The Morgan fingerprint density at radius 1 is 1.52 bits per heavy atom. The molecule has 2 aliphatic rings. The van der Waals surface area contributed by atoms with E-state index < -0.39 is 0 Å². The summed E-state index contributed by atoms with van der Waals surface area (Å²) in [5.74, 6) is 0.551. The third kappa shape index (κ3) is 3.32. The fraction of sp³-hybridized carbons (Fsp3) is 0.588. The number of carbonyl (C=O) groups excluding carboxylic acids is 1. The lowest BCUT2D eigenvalue weighted by molar-refractivity contribution is 0.00391. The van der Waals surface area contributed by atoms with Gasteiger partial charge < -0.3 is 19.1 Å². The number of carbonyl (C=O) groups is 1. The van der Waals surface area contributed by atoms with Crippen molar-refractivity contribution < 1.29 is 19.0 Å². The number of nitrogens with zero attached hydrogens (tertiary/aromatic N) is 1. The zero-order valence-corrected chi connectivity index (χ0v) is 14.3. The second-order valence-electron chi connectivity index (χ2n) is 6.10. The summed E-state index contributed by atoms with van der Waals surface area (Å²) in [7, 11) is 1.55. The number of halogens is 1. The third-order valence-electron chi connectivity index (χ3n) is 4.58. The number of hydrogen-bond donors (Lipinski definition) is 0. The molecule has 0 unspecified atom stereocenters. The topological polar surface area (TPSA) is 48.0 Å². The van der Waals surface area contributed by atoms with Crippen LogP contribution >= 0.6 is 11.6 Å². The van der Waals surface area contributed by atoms with Gasteiger partial charge in [-0.1, -0.05) is 11.6 Å². The van der Waals surface area contributed by atoms with Gasteiger partial charge in [-0.3, -0.25) is 4.79 Å². The highest BCUT2D eigenvalue weighted by Crippen LogP contribution is 2.37. The monoisotopic (exact) mass is 339 g/mol. The summed E-state index contributed by atoms with van der Waals surface area (Å²) < 4.78 is 16.8. The largest absolute Gasteiger partial charge is 0.495 e. The second kappa shape index (κ2) is 6.67. The molecule has 0 N–H and O–H groups in total. The molecule has 0 radical (unpaired) electrons. The molecule has 3 rings (SSSR count). The molecule has 0 bridgehead atoms. The summed E-state index contributed by atoms with van der Waals surface area (Å²) in [6, 6.07) is 5.13. The smallest absolute Gasteiger partial charge is 0.254 e. The molecule has 23 heavy (non-hydrogen) atoms. The highest BCUT2D eigenvalue weighted by atomic mass is 35.5. The zero-order valence-electron chi connectivity index (χ0n) is 13.5. The Kier molecular flexibility index (Phi) is 4.80. The summed E-state index contributed by atoms with van der Waals surface area (Å²) in [4.78, 5) is 14.5. The van der Waals surface area contributed by atoms with Crippen molar-refractivity contribution in [2.75, 3.05) is 33.4 Å². The molecule has 1 aromatic rings. The SMILES string of the molecule is CCO[C@@H]1CO[C@@]2(CCN(C(=O)c3ccc(OC)c(Cl)c3)C2)C1. The Morgan fingerprint density at radius 3 is 3.04 bits per heavy atom. The number of benzene rings is 1. The molecule has 126 valence electrons. The predicted molar refractivity (Wildman–Crippen MR) is 87.2 cm³/mol. The molecule has 6 heteroatoms. The normalized spacial score (nSPS) is 26.9. The van der Waals surface area contributed by atoms with Crippen molar-refractivity contribution >= 4 is 17.5 Å². The van der Waals surface area contributed by atoms with E-state index in [1.54, 1.807) is 25.3 Å². The molecule has 0 saturated carbocycles.